The molecule has 4 rings (SSSR count). The van der Waals surface area contributed by atoms with Gasteiger partial charge in [-0.3, -0.25) is 9.59 Å². The summed E-state index contributed by atoms with van der Waals surface area (Å²) in [5.41, 5.74) is 6.82. The molecule has 146 valence electrons. The molecule has 2 aliphatic rings. The van der Waals surface area contributed by atoms with E-state index in [1.54, 1.807) is 6.20 Å². The molecule has 0 unspecified atom stereocenters. The van der Waals surface area contributed by atoms with Crippen molar-refractivity contribution in [3.63, 3.8) is 0 Å². The molecule has 0 aliphatic carbocycles. The summed E-state index contributed by atoms with van der Waals surface area (Å²) in [6.45, 7) is 3.07. The van der Waals surface area contributed by atoms with Crippen LogP contribution in [0.2, 0.25) is 0 Å². The first-order chi connectivity index (χ1) is 13.6. The minimum absolute atomic E-state index is 0.0621. The third-order valence-electron chi connectivity index (χ3n) is 6.13. The molecule has 2 saturated heterocycles. The van der Waals surface area contributed by atoms with Crippen LogP contribution in [0.1, 0.15) is 41.6 Å². The first kappa shape index (κ1) is 18.5. The Morgan fingerprint density at radius 2 is 1.61 bits per heavy atom. The maximum atomic E-state index is 12.5. The molecule has 0 atom stereocenters. The molecule has 2 aliphatic heterocycles. The number of benzene rings is 1. The highest BCUT2D eigenvalue weighted by Gasteiger charge is 2.41. The van der Waals surface area contributed by atoms with Crippen LogP contribution in [0.5, 0.6) is 0 Å². The molecule has 0 saturated carbocycles. The van der Waals surface area contributed by atoms with Gasteiger partial charge in [-0.25, -0.2) is 4.98 Å². The summed E-state index contributed by atoms with van der Waals surface area (Å²) in [7, 11) is 0. The third-order valence-corrected chi connectivity index (χ3v) is 6.13. The van der Waals surface area contributed by atoms with Gasteiger partial charge in [-0.15, -0.1) is 0 Å². The zero-order valence-corrected chi connectivity index (χ0v) is 16.0. The van der Waals surface area contributed by atoms with Crippen molar-refractivity contribution >= 4 is 17.6 Å². The molecule has 0 spiro atoms. The number of likely N-dealkylation sites (tertiary alicyclic amines) is 1. The van der Waals surface area contributed by atoms with Gasteiger partial charge in [0.15, 0.2) is 0 Å². The van der Waals surface area contributed by atoms with Gasteiger partial charge in [-0.1, -0.05) is 30.3 Å². The second-order valence-corrected chi connectivity index (χ2v) is 7.70. The quantitative estimate of drug-likeness (QED) is 0.886. The van der Waals surface area contributed by atoms with E-state index in [0.717, 1.165) is 37.3 Å². The summed E-state index contributed by atoms with van der Waals surface area (Å²) in [5.74, 6) is 0.633. The fraction of sp³-hybridized carbons (Fsp3) is 0.409. The van der Waals surface area contributed by atoms with Crippen molar-refractivity contribution in [1.82, 2.24) is 9.88 Å². The molecule has 0 radical (unpaired) electrons. The van der Waals surface area contributed by atoms with E-state index < -0.39 is 5.41 Å². The summed E-state index contributed by atoms with van der Waals surface area (Å²) in [5, 5.41) is 0. The highest BCUT2D eigenvalue weighted by atomic mass is 16.2. The summed E-state index contributed by atoms with van der Waals surface area (Å²) < 4.78 is 0. The number of piperidine rings is 1. The molecule has 1 aromatic heterocycles. The van der Waals surface area contributed by atoms with E-state index in [-0.39, 0.29) is 11.8 Å². The van der Waals surface area contributed by atoms with Crippen molar-refractivity contribution in [3.05, 3.63) is 59.8 Å². The molecular weight excluding hydrogens is 352 g/mol. The zero-order chi connectivity index (χ0) is 19.6. The lowest BCUT2D eigenvalue weighted by Gasteiger charge is -2.40. The van der Waals surface area contributed by atoms with E-state index in [9.17, 15) is 9.59 Å². The minimum atomic E-state index is -0.622. The number of amides is 2. The largest absolute Gasteiger partial charge is 0.369 e. The smallest absolute Gasteiger partial charge is 0.255 e. The fourth-order valence-corrected chi connectivity index (χ4v) is 4.35. The number of anilines is 1. The summed E-state index contributed by atoms with van der Waals surface area (Å²) in [6.07, 6.45) is 5.14. The molecular formula is C22H26N4O2. The SMILES string of the molecule is NC(=O)C1(c2ccccc2)CCN(c2ccc(C(=O)N3CCCC3)cn2)CC1. The van der Waals surface area contributed by atoms with E-state index in [0.29, 0.717) is 31.5 Å². The maximum Gasteiger partial charge on any atom is 0.255 e. The van der Waals surface area contributed by atoms with Crippen LogP contribution < -0.4 is 10.6 Å². The van der Waals surface area contributed by atoms with Crippen molar-refractivity contribution in [1.29, 1.82) is 0 Å². The average molecular weight is 378 g/mol. The van der Waals surface area contributed by atoms with Gasteiger partial charge in [-0.2, -0.15) is 0 Å². The van der Waals surface area contributed by atoms with Crippen LogP contribution in [0, 0.1) is 0 Å². The number of primary amides is 1. The van der Waals surface area contributed by atoms with Crippen molar-refractivity contribution in [2.45, 2.75) is 31.1 Å². The Kier molecular flexibility index (Phi) is 5.03. The van der Waals surface area contributed by atoms with Gasteiger partial charge in [-0.05, 0) is 43.4 Å². The zero-order valence-electron chi connectivity index (χ0n) is 16.0. The minimum Gasteiger partial charge on any atom is -0.369 e. The summed E-state index contributed by atoms with van der Waals surface area (Å²) in [6, 6.07) is 13.6. The standard InChI is InChI=1S/C22H26N4O2/c23-21(28)22(18-6-2-1-3-7-18)10-14-25(15-11-22)19-9-8-17(16-24-19)20(27)26-12-4-5-13-26/h1-3,6-9,16H,4-5,10-15H2,(H2,23,28). The van der Waals surface area contributed by atoms with Gasteiger partial charge in [0.2, 0.25) is 5.91 Å². The van der Waals surface area contributed by atoms with Crippen molar-refractivity contribution < 1.29 is 9.59 Å². The fourth-order valence-electron chi connectivity index (χ4n) is 4.35. The number of carbonyl (C=O) groups is 2. The number of hydrogen-bond donors (Lipinski definition) is 1. The number of aromatic nitrogens is 1. The molecule has 0 bridgehead atoms. The number of nitrogens with two attached hydrogens (primary N) is 1. The monoisotopic (exact) mass is 378 g/mol. The van der Waals surface area contributed by atoms with Crippen LogP contribution in [-0.2, 0) is 10.2 Å². The van der Waals surface area contributed by atoms with E-state index in [1.165, 1.54) is 0 Å². The third kappa shape index (κ3) is 3.35. The van der Waals surface area contributed by atoms with Gasteiger partial charge in [0, 0.05) is 32.4 Å². The highest BCUT2D eigenvalue weighted by molar-refractivity contribution is 5.94. The average Bonchev–Trinajstić information content (AvgIpc) is 3.29. The van der Waals surface area contributed by atoms with Gasteiger partial charge < -0.3 is 15.5 Å². The molecule has 28 heavy (non-hydrogen) atoms. The van der Waals surface area contributed by atoms with Crippen LogP contribution in [0.4, 0.5) is 5.82 Å². The van der Waals surface area contributed by atoms with Crippen LogP contribution in [0.15, 0.2) is 48.7 Å². The highest BCUT2D eigenvalue weighted by Crippen LogP contribution is 2.36. The summed E-state index contributed by atoms with van der Waals surface area (Å²) in [4.78, 5) is 33.4. The topological polar surface area (TPSA) is 79.5 Å². The van der Waals surface area contributed by atoms with E-state index in [4.69, 9.17) is 5.73 Å². The molecule has 2 aromatic rings. The lowest BCUT2D eigenvalue weighted by molar-refractivity contribution is -0.124. The Bertz CT molecular complexity index is 837. The Morgan fingerprint density at radius 3 is 2.18 bits per heavy atom. The molecule has 2 N–H and O–H groups in total. The molecule has 3 heterocycles. The molecule has 2 amide bonds. The second kappa shape index (κ2) is 7.62. The van der Waals surface area contributed by atoms with Crippen molar-refractivity contribution in [2.24, 2.45) is 5.73 Å². The number of carbonyl (C=O) groups excluding carboxylic acids is 2. The van der Waals surface area contributed by atoms with Gasteiger partial charge in [0.05, 0.1) is 11.0 Å². The van der Waals surface area contributed by atoms with Gasteiger partial charge in [0.1, 0.15) is 5.82 Å². The Hall–Kier alpha value is -2.89. The van der Waals surface area contributed by atoms with Gasteiger partial charge in [0.25, 0.3) is 5.91 Å². The van der Waals surface area contributed by atoms with Crippen LogP contribution in [-0.4, -0.2) is 47.9 Å². The number of hydrogen-bond acceptors (Lipinski definition) is 4. The van der Waals surface area contributed by atoms with Crippen LogP contribution in [0.25, 0.3) is 0 Å². The predicted molar refractivity (Wildman–Crippen MR) is 108 cm³/mol. The van der Waals surface area contributed by atoms with E-state index in [1.807, 2.05) is 47.4 Å². The van der Waals surface area contributed by atoms with E-state index in [2.05, 4.69) is 9.88 Å². The first-order valence-corrected chi connectivity index (χ1v) is 9.96. The molecule has 6 nitrogen and oxygen atoms in total. The van der Waals surface area contributed by atoms with E-state index >= 15 is 0 Å². The Morgan fingerprint density at radius 1 is 0.929 bits per heavy atom. The molecule has 6 heteroatoms. The van der Waals surface area contributed by atoms with Crippen molar-refractivity contribution in [3.8, 4) is 0 Å². The second-order valence-electron chi connectivity index (χ2n) is 7.70. The Balaban J connectivity index is 1.46. The lowest BCUT2D eigenvalue weighted by Crippen LogP contribution is -2.50. The summed E-state index contributed by atoms with van der Waals surface area (Å²) >= 11 is 0. The van der Waals surface area contributed by atoms with Gasteiger partial charge >= 0.3 is 0 Å². The first-order valence-electron chi connectivity index (χ1n) is 9.96. The molecule has 2 fully saturated rings. The van der Waals surface area contributed by atoms with Crippen molar-refractivity contribution in [2.75, 3.05) is 31.1 Å². The van der Waals surface area contributed by atoms with Crippen LogP contribution >= 0.6 is 0 Å². The normalized spacial score (nSPS) is 18.9. The number of rotatable bonds is 4. The predicted octanol–water partition coefficient (Wildman–Crippen LogP) is 2.34. The maximum absolute atomic E-state index is 12.5. The number of pyridine rings is 1. The van der Waals surface area contributed by atoms with Crippen LogP contribution in [0.3, 0.4) is 0 Å². The Labute approximate surface area is 165 Å². The number of nitrogens with zero attached hydrogens (tertiary/aromatic N) is 3. The molecule has 1 aromatic carbocycles. The lowest BCUT2D eigenvalue weighted by atomic mass is 9.72.